The maximum absolute atomic E-state index is 12.4. The molecule has 1 amide bonds. The van der Waals surface area contributed by atoms with E-state index < -0.39 is 0 Å². The summed E-state index contributed by atoms with van der Waals surface area (Å²) in [6.07, 6.45) is 7.48. The minimum absolute atomic E-state index is 0.0269. The van der Waals surface area contributed by atoms with Gasteiger partial charge in [-0.15, -0.1) is 0 Å². The molecule has 2 fully saturated rings. The first-order valence-electron chi connectivity index (χ1n) is 7.89. The van der Waals surface area contributed by atoms with Gasteiger partial charge in [0, 0.05) is 6.54 Å². The van der Waals surface area contributed by atoms with E-state index in [9.17, 15) is 4.79 Å². The molecule has 1 aromatic rings. The second-order valence-electron chi connectivity index (χ2n) is 6.15. The quantitative estimate of drug-likeness (QED) is 0.893. The summed E-state index contributed by atoms with van der Waals surface area (Å²) in [5.74, 6) is 1.14. The van der Waals surface area contributed by atoms with Crippen LogP contribution in [0.15, 0.2) is 30.3 Å². The van der Waals surface area contributed by atoms with Gasteiger partial charge in [-0.25, -0.2) is 0 Å². The first-order chi connectivity index (χ1) is 9.83. The van der Waals surface area contributed by atoms with E-state index >= 15 is 0 Å². The Bertz CT molecular complexity index is 440. The number of carbonyl (C=O) groups excluding carboxylic acids is 1. The van der Waals surface area contributed by atoms with Crippen LogP contribution in [-0.4, -0.2) is 30.1 Å². The van der Waals surface area contributed by atoms with Crippen LogP contribution in [-0.2, 0) is 11.2 Å². The van der Waals surface area contributed by atoms with E-state index in [-0.39, 0.29) is 11.9 Å². The van der Waals surface area contributed by atoms with Crippen LogP contribution in [0.25, 0.3) is 0 Å². The first kappa shape index (κ1) is 13.6. The lowest BCUT2D eigenvalue weighted by atomic mass is 10.0. The Morgan fingerprint density at radius 1 is 1.15 bits per heavy atom. The molecule has 1 aliphatic heterocycles. The number of nitrogens with one attached hydrogen (secondary N) is 1. The SMILES string of the molecule is O=C1C(Cc2ccccc2)NCN1CCC1CCCC1. The molecular formula is C17H24N2O. The summed E-state index contributed by atoms with van der Waals surface area (Å²) in [6.45, 7) is 1.66. The molecule has 1 aromatic carbocycles. The van der Waals surface area contributed by atoms with Gasteiger partial charge < -0.3 is 4.90 Å². The summed E-state index contributed by atoms with van der Waals surface area (Å²) < 4.78 is 0. The number of hydrogen-bond acceptors (Lipinski definition) is 2. The number of rotatable bonds is 5. The fraction of sp³-hybridized carbons (Fsp3) is 0.588. The van der Waals surface area contributed by atoms with Crippen molar-refractivity contribution in [2.75, 3.05) is 13.2 Å². The minimum atomic E-state index is -0.0269. The molecule has 0 spiro atoms. The Balaban J connectivity index is 1.49. The van der Waals surface area contributed by atoms with Gasteiger partial charge in [0.05, 0.1) is 12.7 Å². The van der Waals surface area contributed by atoms with Crippen LogP contribution in [0.2, 0.25) is 0 Å². The smallest absolute Gasteiger partial charge is 0.241 e. The molecule has 0 radical (unpaired) electrons. The zero-order chi connectivity index (χ0) is 13.8. The van der Waals surface area contributed by atoms with Gasteiger partial charge in [0.15, 0.2) is 0 Å². The highest BCUT2D eigenvalue weighted by Gasteiger charge is 2.31. The second kappa shape index (κ2) is 6.40. The normalized spacial score (nSPS) is 23.7. The van der Waals surface area contributed by atoms with Crippen LogP contribution in [0.4, 0.5) is 0 Å². The standard InChI is InChI=1S/C17H24N2O/c20-17-16(12-15-8-2-1-3-9-15)18-13-19(17)11-10-14-6-4-5-7-14/h1-3,8-9,14,16,18H,4-7,10-13H2. The van der Waals surface area contributed by atoms with E-state index in [1.54, 1.807) is 0 Å². The van der Waals surface area contributed by atoms with Crippen LogP contribution < -0.4 is 5.32 Å². The summed E-state index contributed by atoms with van der Waals surface area (Å²) in [5.41, 5.74) is 1.23. The maximum Gasteiger partial charge on any atom is 0.241 e. The summed E-state index contributed by atoms with van der Waals surface area (Å²) in [5, 5.41) is 3.36. The molecule has 2 aliphatic rings. The summed E-state index contributed by atoms with van der Waals surface area (Å²) in [6, 6.07) is 10.2. The number of benzene rings is 1. The predicted molar refractivity (Wildman–Crippen MR) is 80.2 cm³/mol. The van der Waals surface area contributed by atoms with Gasteiger partial charge in [-0.05, 0) is 24.3 Å². The first-order valence-corrected chi connectivity index (χ1v) is 7.89. The van der Waals surface area contributed by atoms with Gasteiger partial charge in [0.25, 0.3) is 0 Å². The number of nitrogens with zero attached hydrogens (tertiary/aromatic N) is 1. The van der Waals surface area contributed by atoms with Gasteiger partial charge in [-0.3, -0.25) is 10.1 Å². The Morgan fingerprint density at radius 2 is 1.90 bits per heavy atom. The average Bonchev–Trinajstić information content (AvgIpc) is 3.10. The third-order valence-corrected chi connectivity index (χ3v) is 4.70. The van der Waals surface area contributed by atoms with Crippen molar-refractivity contribution in [3.05, 3.63) is 35.9 Å². The summed E-state index contributed by atoms with van der Waals surface area (Å²) in [7, 11) is 0. The lowest BCUT2D eigenvalue weighted by molar-refractivity contribution is -0.129. The molecule has 1 N–H and O–H groups in total. The van der Waals surface area contributed by atoms with Crippen LogP contribution >= 0.6 is 0 Å². The van der Waals surface area contributed by atoms with Crippen LogP contribution in [0.3, 0.4) is 0 Å². The fourth-order valence-corrected chi connectivity index (χ4v) is 3.44. The van der Waals surface area contributed by atoms with Crippen molar-refractivity contribution in [2.45, 2.75) is 44.6 Å². The lowest BCUT2D eigenvalue weighted by Crippen LogP contribution is -2.33. The zero-order valence-corrected chi connectivity index (χ0v) is 12.1. The topological polar surface area (TPSA) is 32.3 Å². The minimum Gasteiger partial charge on any atom is -0.329 e. The maximum atomic E-state index is 12.4. The van der Waals surface area contributed by atoms with Crippen LogP contribution in [0, 0.1) is 5.92 Å². The third kappa shape index (κ3) is 3.21. The monoisotopic (exact) mass is 272 g/mol. The Hall–Kier alpha value is -1.35. The van der Waals surface area contributed by atoms with Crippen molar-refractivity contribution < 1.29 is 4.79 Å². The zero-order valence-electron chi connectivity index (χ0n) is 12.1. The van der Waals surface area contributed by atoms with Crippen molar-refractivity contribution >= 4 is 5.91 Å². The van der Waals surface area contributed by atoms with Gasteiger partial charge in [0.1, 0.15) is 0 Å². The Kier molecular flexibility index (Phi) is 4.36. The highest BCUT2D eigenvalue weighted by Crippen LogP contribution is 2.27. The van der Waals surface area contributed by atoms with Gasteiger partial charge in [-0.2, -0.15) is 0 Å². The van der Waals surface area contributed by atoms with Gasteiger partial charge in [0.2, 0.25) is 5.91 Å². The Labute approximate surface area is 121 Å². The Morgan fingerprint density at radius 3 is 2.65 bits per heavy atom. The highest BCUT2D eigenvalue weighted by molar-refractivity contribution is 5.84. The van der Waals surface area contributed by atoms with E-state index in [1.807, 2.05) is 23.1 Å². The van der Waals surface area contributed by atoms with Crippen molar-refractivity contribution in [1.82, 2.24) is 10.2 Å². The molecule has 1 aliphatic carbocycles. The number of hydrogen-bond donors (Lipinski definition) is 1. The lowest BCUT2D eigenvalue weighted by Gasteiger charge is -2.18. The molecule has 3 rings (SSSR count). The van der Waals surface area contributed by atoms with Gasteiger partial charge in [-0.1, -0.05) is 56.0 Å². The van der Waals surface area contributed by atoms with Crippen molar-refractivity contribution in [1.29, 1.82) is 0 Å². The number of amides is 1. The predicted octanol–water partition coefficient (Wildman–Crippen LogP) is 2.57. The third-order valence-electron chi connectivity index (χ3n) is 4.70. The van der Waals surface area contributed by atoms with Crippen LogP contribution in [0.5, 0.6) is 0 Å². The largest absolute Gasteiger partial charge is 0.329 e. The van der Waals surface area contributed by atoms with Crippen molar-refractivity contribution in [2.24, 2.45) is 5.92 Å². The highest BCUT2D eigenvalue weighted by atomic mass is 16.2. The molecule has 0 bridgehead atoms. The second-order valence-corrected chi connectivity index (χ2v) is 6.15. The van der Waals surface area contributed by atoms with E-state index in [0.29, 0.717) is 0 Å². The molecule has 1 saturated heterocycles. The summed E-state index contributed by atoms with van der Waals surface area (Å²) in [4.78, 5) is 14.4. The van der Waals surface area contributed by atoms with E-state index in [0.717, 1.165) is 25.6 Å². The van der Waals surface area contributed by atoms with Crippen molar-refractivity contribution in [3.8, 4) is 0 Å². The van der Waals surface area contributed by atoms with E-state index in [4.69, 9.17) is 0 Å². The molecule has 1 saturated carbocycles. The van der Waals surface area contributed by atoms with Crippen LogP contribution in [0.1, 0.15) is 37.7 Å². The average molecular weight is 272 g/mol. The molecule has 20 heavy (non-hydrogen) atoms. The number of carbonyl (C=O) groups is 1. The molecule has 0 aromatic heterocycles. The van der Waals surface area contributed by atoms with E-state index in [1.165, 1.54) is 37.7 Å². The molecular weight excluding hydrogens is 248 g/mol. The van der Waals surface area contributed by atoms with Gasteiger partial charge >= 0.3 is 0 Å². The van der Waals surface area contributed by atoms with E-state index in [2.05, 4.69) is 17.4 Å². The molecule has 3 heteroatoms. The molecule has 1 heterocycles. The molecule has 1 atom stereocenters. The molecule has 1 unspecified atom stereocenters. The summed E-state index contributed by atoms with van der Waals surface area (Å²) >= 11 is 0. The molecule has 108 valence electrons. The van der Waals surface area contributed by atoms with Crippen molar-refractivity contribution in [3.63, 3.8) is 0 Å². The fourth-order valence-electron chi connectivity index (χ4n) is 3.44. The molecule has 3 nitrogen and oxygen atoms in total.